The fraction of sp³-hybridized carbons (Fsp3) is 0.111. The second-order valence-electron chi connectivity index (χ2n) is 3.10. The Morgan fingerprint density at radius 1 is 1.53 bits per heavy atom. The number of aromatic nitrogens is 2. The van der Waals surface area contributed by atoms with Gasteiger partial charge >= 0.3 is 0 Å². The number of nitrogen functional groups attached to an aromatic ring is 1. The van der Waals surface area contributed by atoms with E-state index >= 15 is 0 Å². The summed E-state index contributed by atoms with van der Waals surface area (Å²) in [4.78, 5) is 13.9. The maximum Gasteiger partial charge on any atom is 0.273 e. The molecule has 0 saturated carbocycles. The van der Waals surface area contributed by atoms with Gasteiger partial charge in [-0.2, -0.15) is 4.98 Å². The van der Waals surface area contributed by atoms with Crippen molar-refractivity contribution in [3.8, 4) is 17.2 Å². The first-order valence-corrected chi connectivity index (χ1v) is 4.54. The summed E-state index contributed by atoms with van der Waals surface area (Å²) < 4.78 is 9.88. The molecule has 2 N–H and O–H groups in total. The first-order chi connectivity index (χ1) is 8.11. The zero-order valence-electron chi connectivity index (χ0n) is 8.78. The quantitative estimate of drug-likeness (QED) is 0.628. The lowest BCUT2D eigenvalue weighted by Crippen LogP contribution is -1.93. The zero-order valence-corrected chi connectivity index (χ0v) is 8.78. The summed E-state index contributed by atoms with van der Waals surface area (Å²) in [6.45, 7) is 0. The van der Waals surface area contributed by atoms with Gasteiger partial charge in [-0.05, 0) is 11.2 Å². The van der Waals surface area contributed by atoms with Gasteiger partial charge in [-0.25, -0.2) is 0 Å². The highest BCUT2D eigenvalue weighted by atomic mass is 16.6. The van der Waals surface area contributed by atoms with Crippen LogP contribution in [0.15, 0.2) is 22.7 Å². The van der Waals surface area contributed by atoms with Crippen LogP contribution in [0.4, 0.5) is 11.6 Å². The van der Waals surface area contributed by atoms with Crippen LogP contribution in [-0.4, -0.2) is 22.2 Å². The van der Waals surface area contributed by atoms with Crippen LogP contribution in [0.25, 0.3) is 11.5 Å². The first kappa shape index (κ1) is 10.9. The number of nitrogens with two attached hydrogens (primary N) is 1. The molecule has 0 saturated heterocycles. The number of rotatable bonds is 3. The predicted octanol–water partition coefficient (Wildman–Crippen LogP) is 1.24. The number of ether oxygens (including phenoxy) is 1. The molecule has 0 unspecified atom stereocenters. The Morgan fingerprint density at radius 2 is 2.29 bits per heavy atom. The van der Waals surface area contributed by atoms with Crippen molar-refractivity contribution in [1.29, 1.82) is 0 Å². The van der Waals surface area contributed by atoms with Gasteiger partial charge < -0.3 is 15.0 Å². The van der Waals surface area contributed by atoms with Gasteiger partial charge in [0.2, 0.25) is 0 Å². The molecule has 0 bridgehead atoms. The van der Waals surface area contributed by atoms with Crippen LogP contribution in [0.2, 0.25) is 0 Å². The summed E-state index contributed by atoms with van der Waals surface area (Å²) in [5, 5.41) is 14.0. The Hall–Kier alpha value is -2.64. The molecule has 1 heterocycles. The smallest absolute Gasteiger partial charge is 0.273 e. The van der Waals surface area contributed by atoms with Gasteiger partial charge in [-0.1, -0.05) is 0 Å². The molecule has 8 nitrogen and oxygen atoms in total. The van der Waals surface area contributed by atoms with Crippen LogP contribution in [0.1, 0.15) is 0 Å². The Kier molecular flexibility index (Phi) is 2.61. The van der Waals surface area contributed by atoms with Crippen LogP contribution in [0, 0.1) is 10.1 Å². The summed E-state index contributed by atoms with van der Waals surface area (Å²) >= 11 is 0. The molecule has 0 aliphatic heterocycles. The van der Waals surface area contributed by atoms with Gasteiger partial charge in [0.1, 0.15) is 5.75 Å². The summed E-state index contributed by atoms with van der Waals surface area (Å²) in [5.41, 5.74) is 5.68. The fourth-order valence-electron chi connectivity index (χ4n) is 1.31. The number of nitro groups is 1. The SMILES string of the molecule is COc1cc([N+](=O)[O-])ccc1-c1nc(N)no1. The molecule has 0 amide bonds. The number of benzene rings is 1. The van der Waals surface area contributed by atoms with Crippen molar-refractivity contribution in [1.82, 2.24) is 10.1 Å². The van der Waals surface area contributed by atoms with Crippen molar-refractivity contribution in [3.63, 3.8) is 0 Å². The lowest BCUT2D eigenvalue weighted by atomic mass is 10.2. The Morgan fingerprint density at radius 3 is 2.82 bits per heavy atom. The van der Waals surface area contributed by atoms with E-state index in [1.165, 1.54) is 25.3 Å². The maximum atomic E-state index is 10.6. The topological polar surface area (TPSA) is 117 Å². The molecule has 2 rings (SSSR count). The number of hydrogen-bond donors (Lipinski definition) is 1. The average molecular weight is 236 g/mol. The zero-order chi connectivity index (χ0) is 12.4. The van der Waals surface area contributed by atoms with Gasteiger partial charge in [0.05, 0.1) is 23.7 Å². The highest BCUT2D eigenvalue weighted by Gasteiger charge is 2.16. The molecule has 0 radical (unpaired) electrons. The van der Waals surface area contributed by atoms with Crippen LogP contribution in [-0.2, 0) is 0 Å². The number of hydrogen-bond acceptors (Lipinski definition) is 7. The lowest BCUT2D eigenvalue weighted by molar-refractivity contribution is -0.384. The van der Waals surface area contributed by atoms with E-state index in [0.29, 0.717) is 5.56 Å². The van der Waals surface area contributed by atoms with E-state index in [1.54, 1.807) is 0 Å². The van der Waals surface area contributed by atoms with E-state index in [1.807, 2.05) is 0 Å². The number of methoxy groups -OCH3 is 1. The number of non-ortho nitro benzene ring substituents is 1. The van der Waals surface area contributed by atoms with Crippen LogP contribution >= 0.6 is 0 Å². The van der Waals surface area contributed by atoms with Gasteiger partial charge in [-0.3, -0.25) is 10.1 Å². The van der Waals surface area contributed by atoms with E-state index in [9.17, 15) is 10.1 Å². The van der Waals surface area contributed by atoms with Gasteiger partial charge in [0, 0.05) is 6.07 Å². The van der Waals surface area contributed by atoms with Crippen molar-refractivity contribution in [2.75, 3.05) is 12.8 Å². The molecule has 88 valence electrons. The monoisotopic (exact) mass is 236 g/mol. The Bertz CT molecular complexity index is 566. The highest BCUT2D eigenvalue weighted by Crippen LogP contribution is 2.32. The van der Waals surface area contributed by atoms with Crippen molar-refractivity contribution in [2.24, 2.45) is 0 Å². The molecule has 8 heteroatoms. The summed E-state index contributed by atoms with van der Waals surface area (Å²) in [6.07, 6.45) is 0. The van der Waals surface area contributed by atoms with Crippen LogP contribution in [0.5, 0.6) is 5.75 Å². The standard InChI is InChI=1S/C9H8N4O4/c1-16-7-4-5(13(14)15)2-3-6(7)8-11-9(10)12-17-8/h2-4H,1H3,(H2,10,12). The minimum absolute atomic E-state index is 0.0135. The molecule has 0 fully saturated rings. The van der Waals surface area contributed by atoms with E-state index < -0.39 is 4.92 Å². The summed E-state index contributed by atoms with van der Waals surface area (Å²) in [7, 11) is 1.39. The van der Waals surface area contributed by atoms with E-state index in [0.717, 1.165) is 0 Å². The summed E-state index contributed by atoms with van der Waals surface area (Å²) in [6, 6.07) is 4.05. The molecule has 0 aliphatic carbocycles. The second-order valence-corrected chi connectivity index (χ2v) is 3.10. The van der Waals surface area contributed by atoms with Crippen molar-refractivity contribution in [3.05, 3.63) is 28.3 Å². The summed E-state index contributed by atoms with van der Waals surface area (Å²) in [5.74, 6) is 0.400. The largest absolute Gasteiger partial charge is 0.496 e. The van der Waals surface area contributed by atoms with Crippen molar-refractivity contribution in [2.45, 2.75) is 0 Å². The van der Waals surface area contributed by atoms with Gasteiger partial charge in [-0.15, -0.1) is 0 Å². The number of nitrogens with zero attached hydrogens (tertiary/aromatic N) is 3. The minimum atomic E-state index is -0.519. The molecule has 1 aromatic carbocycles. The number of anilines is 1. The molecule has 17 heavy (non-hydrogen) atoms. The first-order valence-electron chi connectivity index (χ1n) is 4.54. The third-order valence-electron chi connectivity index (χ3n) is 2.07. The van der Waals surface area contributed by atoms with E-state index in [2.05, 4.69) is 10.1 Å². The molecular formula is C9H8N4O4. The molecule has 0 spiro atoms. The third kappa shape index (κ3) is 2.00. The van der Waals surface area contributed by atoms with Crippen molar-refractivity contribution >= 4 is 11.6 Å². The van der Waals surface area contributed by atoms with Gasteiger partial charge in [0.25, 0.3) is 17.5 Å². The lowest BCUT2D eigenvalue weighted by Gasteiger charge is -2.03. The van der Waals surface area contributed by atoms with Crippen LogP contribution < -0.4 is 10.5 Å². The molecule has 0 atom stereocenters. The normalized spacial score (nSPS) is 10.2. The maximum absolute atomic E-state index is 10.6. The van der Waals surface area contributed by atoms with E-state index in [-0.39, 0.29) is 23.3 Å². The highest BCUT2D eigenvalue weighted by molar-refractivity contribution is 5.66. The Labute approximate surface area is 95.1 Å². The average Bonchev–Trinajstić information content (AvgIpc) is 2.74. The molecule has 0 aliphatic rings. The van der Waals surface area contributed by atoms with Gasteiger partial charge in [0.15, 0.2) is 0 Å². The fourth-order valence-corrected chi connectivity index (χ4v) is 1.31. The van der Waals surface area contributed by atoms with Crippen molar-refractivity contribution < 1.29 is 14.2 Å². The predicted molar refractivity (Wildman–Crippen MR) is 57.4 cm³/mol. The molecule has 2 aromatic rings. The second kappa shape index (κ2) is 4.08. The number of nitro benzene ring substituents is 1. The third-order valence-corrected chi connectivity index (χ3v) is 2.07. The molecular weight excluding hydrogens is 228 g/mol. The molecule has 1 aromatic heterocycles. The van der Waals surface area contributed by atoms with E-state index in [4.69, 9.17) is 15.0 Å². The van der Waals surface area contributed by atoms with Crippen LogP contribution in [0.3, 0.4) is 0 Å². The minimum Gasteiger partial charge on any atom is -0.496 e. The Balaban J connectivity index is 2.51.